The molecule has 0 saturated heterocycles. The molecule has 0 spiro atoms. The molecule has 1 N–H and O–H groups in total. The quantitative estimate of drug-likeness (QED) is 0.826. The smallest absolute Gasteiger partial charge is 0.335 e. The van der Waals surface area contributed by atoms with Gasteiger partial charge in [0.1, 0.15) is 0 Å². The minimum Gasteiger partial charge on any atom is -0.478 e. The van der Waals surface area contributed by atoms with E-state index < -0.39 is 5.97 Å². The largest absolute Gasteiger partial charge is 0.478 e. The van der Waals surface area contributed by atoms with Crippen LogP contribution in [0.5, 0.6) is 5.88 Å². The van der Waals surface area contributed by atoms with Crippen molar-refractivity contribution in [2.24, 2.45) is 0 Å². The van der Waals surface area contributed by atoms with Crippen LogP contribution >= 0.6 is 0 Å². The van der Waals surface area contributed by atoms with Crippen LogP contribution in [0.3, 0.4) is 0 Å². The van der Waals surface area contributed by atoms with Gasteiger partial charge in [0, 0.05) is 11.8 Å². The zero-order valence-electron chi connectivity index (χ0n) is 10.6. The van der Waals surface area contributed by atoms with Crippen LogP contribution in [0.1, 0.15) is 49.7 Å². The molecule has 1 aromatic rings. The van der Waals surface area contributed by atoms with E-state index in [1.807, 2.05) is 20.8 Å². The van der Waals surface area contributed by atoms with Crippen molar-refractivity contribution < 1.29 is 14.6 Å². The molecule has 4 heteroatoms. The molecule has 0 amide bonds. The second-order valence-corrected chi connectivity index (χ2v) is 4.08. The van der Waals surface area contributed by atoms with Gasteiger partial charge in [-0.3, -0.25) is 0 Å². The zero-order valence-corrected chi connectivity index (χ0v) is 10.6. The molecule has 1 heterocycles. The summed E-state index contributed by atoms with van der Waals surface area (Å²) in [4.78, 5) is 15.3. The van der Waals surface area contributed by atoms with Gasteiger partial charge >= 0.3 is 5.97 Å². The summed E-state index contributed by atoms with van der Waals surface area (Å²) in [7, 11) is 0. The Kier molecular flexibility index (Phi) is 4.94. The number of hydrogen-bond acceptors (Lipinski definition) is 3. The Labute approximate surface area is 102 Å². The van der Waals surface area contributed by atoms with Gasteiger partial charge in [-0.15, -0.1) is 0 Å². The van der Waals surface area contributed by atoms with Crippen molar-refractivity contribution in [3.63, 3.8) is 0 Å². The molecule has 0 bridgehead atoms. The number of carbonyl (C=O) groups is 1. The first-order valence-electron chi connectivity index (χ1n) is 5.97. The minimum absolute atomic E-state index is 0.0426. The van der Waals surface area contributed by atoms with E-state index >= 15 is 0 Å². The molecule has 0 fully saturated rings. The van der Waals surface area contributed by atoms with E-state index in [9.17, 15) is 4.79 Å². The highest BCUT2D eigenvalue weighted by Gasteiger charge is 2.10. The molecule has 1 unspecified atom stereocenters. The fourth-order valence-corrected chi connectivity index (χ4v) is 1.42. The molecule has 1 atom stereocenters. The van der Waals surface area contributed by atoms with Crippen molar-refractivity contribution in [3.05, 3.63) is 23.4 Å². The molecule has 17 heavy (non-hydrogen) atoms. The standard InChI is InChI=1S/C13H19NO3/c1-4-6-11-7-10(13(15)16)8-12(14-11)17-9(3)5-2/h7-9H,4-6H2,1-3H3,(H,15,16). The van der Waals surface area contributed by atoms with Crippen LogP contribution in [0.4, 0.5) is 0 Å². The van der Waals surface area contributed by atoms with Gasteiger partial charge in [0.25, 0.3) is 0 Å². The van der Waals surface area contributed by atoms with E-state index in [-0.39, 0.29) is 11.7 Å². The second kappa shape index (κ2) is 6.23. The van der Waals surface area contributed by atoms with E-state index in [0.717, 1.165) is 25.0 Å². The van der Waals surface area contributed by atoms with Crippen molar-refractivity contribution >= 4 is 5.97 Å². The van der Waals surface area contributed by atoms with Gasteiger partial charge in [-0.25, -0.2) is 9.78 Å². The van der Waals surface area contributed by atoms with Crippen molar-refractivity contribution in [1.29, 1.82) is 0 Å². The topological polar surface area (TPSA) is 59.4 Å². The number of hydrogen-bond donors (Lipinski definition) is 1. The zero-order chi connectivity index (χ0) is 12.8. The number of aromatic nitrogens is 1. The highest BCUT2D eigenvalue weighted by molar-refractivity contribution is 5.88. The van der Waals surface area contributed by atoms with Crippen molar-refractivity contribution in [3.8, 4) is 5.88 Å². The average molecular weight is 237 g/mol. The molecule has 1 rings (SSSR count). The van der Waals surface area contributed by atoms with Gasteiger partial charge in [0.05, 0.1) is 11.7 Å². The normalized spacial score (nSPS) is 12.2. The van der Waals surface area contributed by atoms with Crippen LogP contribution in [-0.2, 0) is 6.42 Å². The lowest BCUT2D eigenvalue weighted by molar-refractivity contribution is 0.0695. The van der Waals surface area contributed by atoms with E-state index in [4.69, 9.17) is 9.84 Å². The van der Waals surface area contributed by atoms with Crippen LogP contribution < -0.4 is 4.74 Å². The first-order valence-corrected chi connectivity index (χ1v) is 5.97. The summed E-state index contributed by atoms with van der Waals surface area (Å²) in [5, 5.41) is 9.01. The summed E-state index contributed by atoms with van der Waals surface area (Å²) in [6, 6.07) is 3.09. The Balaban J connectivity index is 2.99. The fourth-order valence-electron chi connectivity index (χ4n) is 1.42. The molecule has 4 nitrogen and oxygen atoms in total. The lowest BCUT2D eigenvalue weighted by atomic mass is 10.1. The van der Waals surface area contributed by atoms with Gasteiger partial charge in [-0.05, 0) is 25.8 Å². The van der Waals surface area contributed by atoms with Crippen molar-refractivity contribution in [2.45, 2.75) is 46.1 Å². The first kappa shape index (κ1) is 13.5. The number of rotatable bonds is 6. The average Bonchev–Trinajstić information content (AvgIpc) is 2.29. The highest BCUT2D eigenvalue weighted by atomic mass is 16.5. The number of aryl methyl sites for hydroxylation is 1. The number of pyridine rings is 1. The minimum atomic E-state index is -0.946. The lowest BCUT2D eigenvalue weighted by Crippen LogP contribution is -2.12. The Morgan fingerprint density at radius 2 is 2.18 bits per heavy atom. The van der Waals surface area contributed by atoms with Crippen LogP contribution in [0, 0.1) is 0 Å². The maximum atomic E-state index is 11.0. The van der Waals surface area contributed by atoms with Gasteiger partial charge in [-0.1, -0.05) is 20.3 Å². The summed E-state index contributed by atoms with van der Waals surface area (Å²) < 4.78 is 5.57. The van der Waals surface area contributed by atoms with Gasteiger partial charge < -0.3 is 9.84 Å². The van der Waals surface area contributed by atoms with Crippen LogP contribution in [0.15, 0.2) is 12.1 Å². The molecule has 0 saturated carbocycles. The summed E-state index contributed by atoms with van der Waals surface area (Å²) in [6.07, 6.45) is 2.60. The maximum absolute atomic E-state index is 11.0. The van der Waals surface area contributed by atoms with Crippen LogP contribution in [0.25, 0.3) is 0 Å². The third-order valence-corrected chi connectivity index (χ3v) is 2.50. The summed E-state index contributed by atoms with van der Waals surface area (Å²) in [6.45, 7) is 5.98. The number of aromatic carboxylic acids is 1. The van der Waals surface area contributed by atoms with Gasteiger partial charge in [0.2, 0.25) is 5.88 Å². The highest BCUT2D eigenvalue weighted by Crippen LogP contribution is 2.16. The molecule has 0 aliphatic heterocycles. The Bertz CT molecular complexity index is 390. The Hall–Kier alpha value is -1.58. The van der Waals surface area contributed by atoms with Crippen LogP contribution in [0.2, 0.25) is 0 Å². The van der Waals surface area contributed by atoms with Crippen molar-refractivity contribution in [1.82, 2.24) is 4.98 Å². The lowest BCUT2D eigenvalue weighted by Gasteiger charge is -2.13. The van der Waals surface area contributed by atoms with E-state index in [2.05, 4.69) is 4.98 Å². The second-order valence-electron chi connectivity index (χ2n) is 4.08. The van der Waals surface area contributed by atoms with Gasteiger partial charge in [-0.2, -0.15) is 0 Å². The van der Waals surface area contributed by atoms with E-state index in [1.54, 1.807) is 6.07 Å². The third kappa shape index (κ3) is 4.06. The fraction of sp³-hybridized carbons (Fsp3) is 0.538. The molecular formula is C13H19NO3. The number of nitrogens with zero attached hydrogens (tertiary/aromatic N) is 1. The Morgan fingerprint density at radius 3 is 2.71 bits per heavy atom. The summed E-state index contributed by atoms with van der Waals surface area (Å²) in [5.74, 6) is -0.540. The molecule has 0 radical (unpaired) electrons. The third-order valence-electron chi connectivity index (χ3n) is 2.50. The predicted molar refractivity (Wildman–Crippen MR) is 65.6 cm³/mol. The van der Waals surface area contributed by atoms with Crippen molar-refractivity contribution in [2.75, 3.05) is 0 Å². The SMILES string of the molecule is CCCc1cc(C(=O)O)cc(OC(C)CC)n1. The maximum Gasteiger partial charge on any atom is 0.335 e. The molecule has 94 valence electrons. The summed E-state index contributed by atoms with van der Waals surface area (Å²) in [5.41, 5.74) is 1.01. The van der Waals surface area contributed by atoms with Gasteiger partial charge in [0.15, 0.2) is 0 Å². The predicted octanol–water partition coefficient (Wildman–Crippen LogP) is 2.91. The number of carboxylic acid groups (broad SMARTS) is 1. The van der Waals surface area contributed by atoms with E-state index in [0.29, 0.717) is 5.88 Å². The molecular weight excluding hydrogens is 218 g/mol. The Morgan fingerprint density at radius 1 is 1.47 bits per heavy atom. The summed E-state index contributed by atoms with van der Waals surface area (Å²) >= 11 is 0. The number of ether oxygens (including phenoxy) is 1. The molecule has 1 aromatic heterocycles. The molecule has 0 aliphatic rings. The molecule has 0 aliphatic carbocycles. The first-order chi connectivity index (χ1) is 8.06. The van der Waals surface area contributed by atoms with Crippen LogP contribution in [-0.4, -0.2) is 22.2 Å². The van der Waals surface area contributed by atoms with E-state index in [1.165, 1.54) is 6.07 Å². The monoisotopic (exact) mass is 237 g/mol. The number of carboxylic acids is 1. The molecule has 0 aromatic carbocycles.